The number of methoxy groups -OCH3 is 1. The smallest absolute Gasteiger partial charge is 0.315 e. The van der Waals surface area contributed by atoms with Crippen molar-refractivity contribution in [2.24, 2.45) is 0 Å². The fraction of sp³-hybridized carbons (Fsp3) is 0.500. The van der Waals surface area contributed by atoms with Gasteiger partial charge in [-0.2, -0.15) is 0 Å². The summed E-state index contributed by atoms with van der Waals surface area (Å²) in [5.41, 5.74) is 0.785. The Morgan fingerprint density at radius 2 is 2.16 bits per heavy atom. The molecule has 0 aromatic heterocycles. The maximum atomic E-state index is 12.0. The van der Waals surface area contributed by atoms with Crippen LogP contribution in [0.4, 0.5) is 0 Å². The molecule has 104 valence electrons. The molecule has 0 spiro atoms. The van der Waals surface area contributed by atoms with Crippen molar-refractivity contribution in [3.8, 4) is 0 Å². The summed E-state index contributed by atoms with van der Waals surface area (Å²) >= 11 is 11.9. The number of carbonyl (C=O) groups excluding carboxylic acids is 1. The number of hydrogen-bond acceptors (Lipinski definition) is 3. The summed E-state index contributed by atoms with van der Waals surface area (Å²) in [6.45, 7) is 0.680. The summed E-state index contributed by atoms with van der Waals surface area (Å²) in [7, 11) is 1.38. The Morgan fingerprint density at radius 3 is 2.74 bits per heavy atom. The zero-order valence-electron chi connectivity index (χ0n) is 10.7. The van der Waals surface area contributed by atoms with E-state index in [1.165, 1.54) is 7.11 Å². The highest BCUT2D eigenvalue weighted by atomic mass is 35.5. The summed E-state index contributed by atoms with van der Waals surface area (Å²) in [6.07, 6.45) is 2.78. The number of ether oxygens (including phenoxy) is 2. The summed E-state index contributed by atoms with van der Waals surface area (Å²) in [6, 6.07) is 5.20. The van der Waals surface area contributed by atoms with Gasteiger partial charge in [0.25, 0.3) is 0 Å². The van der Waals surface area contributed by atoms with Gasteiger partial charge < -0.3 is 9.47 Å². The van der Waals surface area contributed by atoms with E-state index in [1.807, 2.05) is 0 Å². The minimum Gasteiger partial charge on any atom is -0.468 e. The van der Waals surface area contributed by atoms with E-state index in [0.717, 1.165) is 24.8 Å². The predicted octanol–water partition coefficient (Wildman–Crippen LogP) is 3.82. The van der Waals surface area contributed by atoms with Gasteiger partial charge in [-0.3, -0.25) is 4.79 Å². The van der Waals surface area contributed by atoms with Crippen LogP contribution in [0.2, 0.25) is 10.0 Å². The molecule has 5 heteroatoms. The van der Waals surface area contributed by atoms with E-state index in [1.54, 1.807) is 18.2 Å². The molecule has 1 aromatic carbocycles. The lowest BCUT2D eigenvalue weighted by Gasteiger charge is -2.29. The number of rotatable bonds is 3. The largest absolute Gasteiger partial charge is 0.468 e. The molecule has 1 aliphatic heterocycles. The Bertz CT molecular complexity index is 456. The highest BCUT2D eigenvalue weighted by Gasteiger charge is 2.33. The molecule has 19 heavy (non-hydrogen) atoms. The van der Waals surface area contributed by atoms with Crippen LogP contribution in [0.25, 0.3) is 0 Å². The number of carbonyl (C=O) groups is 1. The molecule has 0 bridgehead atoms. The van der Waals surface area contributed by atoms with E-state index in [4.69, 9.17) is 32.7 Å². The van der Waals surface area contributed by atoms with Crippen LogP contribution >= 0.6 is 23.2 Å². The minimum atomic E-state index is -0.444. The van der Waals surface area contributed by atoms with Crippen LogP contribution in [0.5, 0.6) is 0 Å². The minimum absolute atomic E-state index is 0.154. The molecule has 1 aliphatic rings. The zero-order valence-corrected chi connectivity index (χ0v) is 12.2. The highest BCUT2D eigenvalue weighted by Crippen LogP contribution is 2.33. The quantitative estimate of drug-likeness (QED) is 0.796. The van der Waals surface area contributed by atoms with Crippen molar-refractivity contribution in [1.82, 2.24) is 0 Å². The third kappa shape index (κ3) is 3.41. The first-order valence-electron chi connectivity index (χ1n) is 6.28. The lowest BCUT2D eigenvalue weighted by Crippen LogP contribution is -2.32. The van der Waals surface area contributed by atoms with Crippen LogP contribution in [0.3, 0.4) is 0 Å². The van der Waals surface area contributed by atoms with Crippen molar-refractivity contribution in [1.29, 1.82) is 0 Å². The monoisotopic (exact) mass is 302 g/mol. The molecule has 3 nitrogen and oxygen atoms in total. The number of hydrogen-bond donors (Lipinski definition) is 0. The molecule has 2 rings (SSSR count). The summed E-state index contributed by atoms with van der Waals surface area (Å²) in [4.78, 5) is 12.0. The summed E-state index contributed by atoms with van der Waals surface area (Å²) in [5, 5.41) is 0.905. The van der Waals surface area contributed by atoms with Crippen LogP contribution in [0.15, 0.2) is 18.2 Å². The molecule has 2 atom stereocenters. The average Bonchev–Trinajstić information content (AvgIpc) is 2.44. The first-order valence-corrected chi connectivity index (χ1v) is 7.03. The van der Waals surface area contributed by atoms with Crippen molar-refractivity contribution in [3.05, 3.63) is 33.8 Å². The van der Waals surface area contributed by atoms with Crippen molar-refractivity contribution in [3.63, 3.8) is 0 Å². The first kappa shape index (κ1) is 14.6. The molecule has 1 saturated heterocycles. The second-order valence-electron chi connectivity index (χ2n) is 4.58. The Kier molecular flexibility index (Phi) is 5.08. The molecule has 0 radical (unpaired) electrons. The van der Waals surface area contributed by atoms with Crippen LogP contribution in [0, 0.1) is 0 Å². The van der Waals surface area contributed by atoms with Gasteiger partial charge in [0.2, 0.25) is 0 Å². The molecule has 0 aliphatic carbocycles. The van der Waals surface area contributed by atoms with E-state index in [-0.39, 0.29) is 12.1 Å². The van der Waals surface area contributed by atoms with Gasteiger partial charge in [-0.15, -0.1) is 0 Å². The molecule has 1 heterocycles. The standard InChI is InChI=1S/C14H16Cl2O3/c1-18-14(17)13(12-4-2-3-7-19-12)9-5-6-10(15)11(16)8-9/h5-6,8,12-13H,2-4,7H2,1H3/t12-,13?/m1/s1. The van der Waals surface area contributed by atoms with E-state index >= 15 is 0 Å². The van der Waals surface area contributed by atoms with Crippen molar-refractivity contribution in [2.45, 2.75) is 31.3 Å². The number of halogens is 2. The Balaban J connectivity index is 2.30. The lowest BCUT2D eigenvalue weighted by molar-refractivity contribution is -0.147. The van der Waals surface area contributed by atoms with E-state index in [0.29, 0.717) is 16.7 Å². The molecular formula is C14H16Cl2O3. The summed E-state index contributed by atoms with van der Waals surface area (Å²) in [5.74, 6) is -0.745. The molecule has 0 N–H and O–H groups in total. The molecule has 1 unspecified atom stereocenters. The van der Waals surface area contributed by atoms with Crippen LogP contribution in [-0.2, 0) is 14.3 Å². The van der Waals surface area contributed by atoms with Crippen molar-refractivity contribution >= 4 is 29.2 Å². The normalized spacial score (nSPS) is 20.9. The van der Waals surface area contributed by atoms with Gasteiger partial charge in [-0.05, 0) is 37.0 Å². The van der Waals surface area contributed by atoms with Gasteiger partial charge in [0.1, 0.15) is 5.92 Å². The van der Waals surface area contributed by atoms with E-state index in [2.05, 4.69) is 0 Å². The second kappa shape index (κ2) is 6.60. The Labute approximate surface area is 122 Å². The van der Waals surface area contributed by atoms with Gasteiger partial charge in [0.05, 0.1) is 23.3 Å². The third-order valence-electron chi connectivity index (χ3n) is 3.34. The molecule has 1 aromatic rings. The van der Waals surface area contributed by atoms with Gasteiger partial charge in [-0.25, -0.2) is 0 Å². The van der Waals surface area contributed by atoms with Crippen molar-refractivity contribution < 1.29 is 14.3 Å². The third-order valence-corrected chi connectivity index (χ3v) is 4.08. The second-order valence-corrected chi connectivity index (χ2v) is 5.39. The highest BCUT2D eigenvalue weighted by molar-refractivity contribution is 6.42. The molecule has 1 fully saturated rings. The Hall–Kier alpha value is -0.770. The van der Waals surface area contributed by atoms with Gasteiger partial charge in [0.15, 0.2) is 0 Å². The predicted molar refractivity (Wildman–Crippen MR) is 74.8 cm³/mol. The average molecular weight is 303 g/mol. The number of benzene rings is 1. The van der Waals surface area contributed by atoms with Crippen LogP contribution in [0.1, 0.15) is 30.7 Å². The summed E-state index contributed by atoms with van der Waals surface area (Å²) < 4.78 is 10.6. The molecule has 0 amide bonds. The maximum Gasteiger partial charge on any atom is 0.315 e. The van der Waals surface area contributed by atoms with Crippen LogP contribution < -0.4 is 0 Å². The fourth-order valence-electron chi connectivity index (χ4n) is 2.36. The molecular weight excluding hydrogens is 287 g/mol. The maximum absolute atomic E-state index is 12.0. The Morgan fingerprint density at radius 1 is 1.37 bits per heavy atom. The first-order chi connectivity index (χ1) is 9.13. The lowest BCUT2D eigenvalue weighted by atomic mass is 9.89. The van der Waals surface area contributed by atoms with Crippen molar-refractivity contribution in [2.75, 3.05) is 13.7 Å². The van der Waals surface area contributed by atoms with E-state index in [9.17, 15) is 4.79 Å². The van der Waals surface area contributed by atoms with Gasteiger partial charge >= 0.3 is 5.97 Å². The van der Waals surface area contributed by atoms with Gasteiger partial charge in [-0.1, -0.05) is 29.3 Å². The number of esters is 1. The zero-order chi connectivity index (χ0) is 13.8. The van der Waals surface area contributed by atoms with Crippen LogP contribution in [-0.4, -0.2) is 25.8 Å². The SMILES string of the molecule is COC(=O)C(c1ccc(Cl)c(Cl)c1)[C@H]1CCCCO1. The van der Waals surface area contributed by atoms with E-state index < -0.39 is 5.92 Å². The van der Waals surface area contributed by atoms with Gasteiger partial charge in [0, 0.05) is 6.61 Å². The topological polar surface area (TPSA) is 35.5 Å². The fourth-order valence-corrected chi connectivity index (χ4v) is 2.67. The molecule has 0 saturated carbocycles.